The summed E-state index contributed by atoms with van der Waals surface area (Å²) < 4.78 is 20.6. The fourth-order valence-corrected chi connectivity index (χ4v) is 5.10. The second-order valence-electron chi connectivity index (χ2n) is 9.85. The molecular weight excluding hydrogens is 489 g/mol. The highest BCUT2D eigenvalue weighted by molar-refractivity contribution is 6.08. The number of halogens is 1. The Kier molecular flexibility index (Phi) is 6.36. The van der Waals surface area contributed by atoms with E-state index in [1.807, 2.05) is 11.8 Å². The first-order chi connectivity index (χ1) is 18.5. The zero-order valence-electron chi connectivity index (χ0n) is 21.1. The van der Waals surface area contributed by atoms with E-state index in [0.29, 0.717) is 42.1 Å². The van der Waals surface area contributed by atoms with Crippen molar-refractivity contribution in [3.63, 3.8) is 0 Å². The van der Waals surface area contributed by atoms with Crippen LogP contribution in [-0.4, -0.2) is 66.1 Å². The molecule has 11 heteroatoms. The monoisotopic (exact) mass is 519 g/mol. The normalized spacial score (nSPS) is 17.3. The van der Waals surface area contributed by atoms with E-state index in [9.17, 15) is 9.59 Å². The number of anilines is 5. The second kappa shape index (κ2) is 9.97. The van der Waals surface area contributed by atoms with Crippen molar-refractivity contribution >= 4 is 34.3 Å². The van der Waals surface area contributed by atoms with Crippen LogP contribution in [0.5, 0.6) is 5.88 Å². The number of benzene rings is 1. The Morgan fingerprint density at radius 2 is 1.97 bits per heavy atom. The van der Waals surface area contributed by atoms with E-state index in [1.54, 1.807) is 24.4 Å². The first-order valence-corrected chi connectivity index (χ1v) is 12.9. The fraction of sp³-hybridized carbons (Fsp3) is 0.370. The number of hydrogen-bond acceptors (Lipinski definition) is 8. The van der Waals surface area contributed by atoms with Gasteiger partial charge in [0.05, 0.1) is 23.3 Å². The number of ether oxygens (including phenoxy) is 1. The molecule has 0 radical (unpaired) electrons. The maximum atomic E-state index is 15.1. The number of aromatic amines is 1. The molecule has 1 amide bonds. The minimum Gasteiger partial charge on any atom is -0.474 e. The largest absolute Gasteiger partial charge is 0.474 e. The van der Waals surface area contributed by atoms with Gasteiger partial charge in [0.15, 0.2) is 0 Å². The number of carbonyl (C=O) groups excluding carboxylic acids is 1. The van der Waals surface area contributed by atoms with Gasteiger partial charge in [-0.2, -0.15) is 0 Å². The SMILES string of the molecule is Cc1c(Nc2cc[nH]c(=O)c2C(=O)Nc2ccc(N3CCN(C4CC4)CC3)c(F)c2)cnc2c1NCCO2. The lowest BCUT2D eigenvalue weighted by molar-refractivity contribution is 0.102. The molecule has 6 rings (SSSR count). The van der Waals surface area contributed by atoms with Crippen LogP contribution < -0.4 is 31.1 Å². The molecule has 38 heavy (non-hydrogen) atoms. The predicted octanol–water partition coefficient (Wildman–Crippen LogP) is 3.30. The number of hydrogen-bond donors (Lipinski definition) is 4. The smallest absolute Gasteiger partial charge is 0.263 e. The summed E-state index contributed by atoms with van der Waals surface area (Å²) in [6.45, 7) is 6.48. The molecule has 3 aliphatic rings. The molecule has 1 aliphatic carbocycles. The molecule has 0 unspecified atom stereocenters. The molecule has 2 aromatic heterocycles. The standard InChI is InChI=1S/C27H30FN7O3/c1-16-21(15-31-27-24(16)29-8-13-38-27)33-20-6-7-30-25(36)23(20)26(37)32-17-2-5-22(19(28)14-17)35-11-9-34(10-12-35)18-3-4-18/h2,5-7,14-15,18,29H,3-4,8-13H2,1H3,(H,32,37)(H2,30,33,36). The third-order valence-corrected chi connectivity index (χ3v) is 7.33. The van der Waals surface area contributed by atoms with Crippen LogP contribution in [0, 0.1) is 12.7 Å². The number of piperazine rings is 1. The molecule has 1 aromatic carbocycles. The van der Waals surface area contributed by atoms with Crippen LogP contribution in [0.3, 0.4) is 0 Å². The van der Waals surface area contributed by atoms with E-state index in [-0.39, 0.29) is 11.3 Å². The summed E-state index contributed by atoms with van der Waals surface area (Å²) in [5.74, 6) is -0.545. The molecule has 0 bridgehead atoms. The topological polar surface area (TPSA) is 115 Å². The predicted molar refractivity (Wildman–Crippen MR) is 144 cm³/mol. The number of aromatic nitrogens is 2. The van der Waals surface area contributed by atoms with Gasteiger partial charge in [-0.1, -0.05) is 0 Å². The lowest BCUT2D eigenvalue weighted by Gasteiger charge is -2.36. The molecule has 198 valence electrons. The molecular formula is C27H30FN7O3. The molecule has 1 saturated carbocycles. The molecule has 4 N–H and O–H groups in total. The first-order valence-electron chi connectivity index (χ1n) is 12.9. The van der Waals surface area contributed by atoms with Gasteiger partial charge in [0.25, 0.3) is 11.5 Å². The van der Waals surface area contributed by atoms with Crippen molar-refractivity contribution in [3.05, 3.63) is 64.0 Å². The van der Waals surface area contributed by atoms with Crippen LogP contribution in [0.15, 0.2) is 41.5 Å². The minimum atomic E-state index is -0.649. The molecule has 10 nitrogen and oxygen atoms in total. The molecule has 4 heterocycles. The van der Waals surface area contributed by atoms with Crippen molar-refractivity contribution in [1.82, 2.24) is 14.9 Å². The van der Waals surface area contributed by atoms with Gasteiger partial charge in [0.2, 0.25) is 5.88 Å². The van der Waals surface area contributed by atoms with E-state index in [0.717, 1.165) is 37.4 Å². The van der Waals surface area contributed by atoms with Crippen molar-refractivity contribution in [2.45, 2.75) is 25.8 Å². The Bertz CT molecular complexity index is 1430. The van der Waals surface area contributed by atoms with Crippen LogP contribution in [0.4, 0.5) is 32.8 Å². The summed E-state index contributed by atoms with van der Waals surface area (Å²) in [6, 6.07) is 6.96. The summed E-state index contributed by atoms with van der Waals surface area (Å²) in [7, 11) is 0. The summed E-state index contributed by atoms with van der Waals surface area (Å²) in [5.41, 5.74) is 2.65. The second-order valence-corrected chi connectivity index (χ2v) is 9.85. The fourth-order valence-electron chi connectivity index (χ4n) is 5.10. The lowest BCUT2D eigenvalue weighted by atomic mass is 10.1. The molecule has 0 spiro atoms. The lowest BCUT2D eigenvalue weighted by Crippen LogP contribution is -2.47. The van der Waals surface area contributed by atoms with E-state index >= 15 is 4.39 Å². The third kappa shape index (κ3) is 4.76. The van der Waals surface area contributed by atoms with Crippen LogP contribution >= 0.6 is 0 Å². The number of fused-ring (bicyclic) bond motifs is 1. The highest BCUT2D eigenvalue weighted by Crippen LogP contribution is 2.34. The Labute approximate surface area is 219 Å². The molecule has 0 atom stereocenters. The van der Waals surface area contributed by atoms with E-state index < -0.39 is 17.3 Å². The van der Waals surface area contributed by atoms with Crippen LogP contribution in [0.25, 0.3) is 0 Å². The van der Waals surface area contributed by atoms with Gasteiger partial charge in [-0.05, 0) is 44.0 Å². The van der Waals surface area contributed by atoms with E-state index in [2.05, 4.69) is 30.8 Å². The minimum absolute atomic E-state index is 0.116. The third-order valence-electron chi connectivity index (χ3n) is 7.33. The van der Waals surface area contributed by atoms with Gasteiger partial charge in [-0.3, -0.25) is 14.5 Å². The van der Waals surface area contributed by atoms with Gasteiger partial charge in [-0.15, -0.1) is 0 Å². The van der Waals surface area contributed by atoms with Gasteiger partial charge in [0.1, 0.15) is 23.7 Å². The molecule has 1 saturated heterocycles. The maximum Gasteiger partial charge on any atom is 0.263 e. The summed E-state index contributed by atoms with van der Waals surface area (Å²) in [6.07, 6.45) is 5.59. The average Bonchev–Trinajstić information content (AvgIpc) is 3.76. The number of carbonyl (C=O) groups is 1. The number of rotatable bonds is 6. The maximum absolute atomic E-state index is 15.1. The highest BCUT2D eigenvalue weighted by atomic mass is 19.1. The van der Waals surface area contributed by atoms with Gasteiger partial charge < -0.3 is 30.6 Å². The van der Waals surface area contributed by atoms with Crippen molar-refractivity contribution < 1.29 is 13.9 Å². The summed E-state index contributed by atoms with van der Waals surface area (Å²) >= 11 is 0. The van der Waals surface area contributed by atoms with Gasteiger partial charge in [-0.25, -0.2) is 9.37 Å². The molecule has 2 aliphatic heterocycles. The number of nitrogens with zero attached hydrogens (tertiary/aromatic N) is 3. The summed E-state index contributed by atoms with van der Waals surface area (Å²) in [4.78, 5) is 37.3. The Morgan fingerprint density at radius 3 is 2.74 bits per heavy atom. The van der Waals surface area contributed by atoms with Gasteiger partial charge >= 0.3 is 0 Å². The van der Waals surface area contributed by atoms with Crippen molar-refractivity contribution in [2.75, 3.05) is 60.2 Å². The average molecular weight is 520 g/mol. The van der Waals surface area contributed by atoms with E-state index in [4.69, 9.17) is 4.74 Å². The zero-order chi connectivity index (χ0) is 26.2. The van der Waals surface area contributed by atoms with Crippen molar-refractivity contribution in [2.24, 2.45) is 0 Å². The number of H-pyrrole nitrogens is 1. The van der Waals surface area contributed by atoms with Crippen molar-refractivity contribution in [3.8, 4) is 5.88 Å². The molecule has 3 aromatic rings. The van der Waals surface area contributed by atoms with Crippen molar-refractivity contribution in [1.29, 1.82) is 0 Å². The van der Waals surface area contributed by atoms with Gasteiger partial charge in [0, 0.05) is 56.2 Å². The van der Waals surface area contributed by atoms with Crippen LogP contribution in [-0.2, 0) is 0 Å². The van der Waals surface area contributed by atoms with Crippen LogP contribution in [0.1, 0.15) is 28.8 Å². The molecule has 2 fully saturated rings. The van der Waals surface area contributed by atoms with E-state index in [1.165, 1.54) is 25.1 Å². The number of nitrogens with one attached hydrogen (secondary N) is 4. The Balaban J connectivity index is 1.19. The number of amides is 1. The quantitative estimate of drug-likeness (QED) is 0.392. The first kappa shape index (κ1) is 24.2. The highest BCUT2D eigenvalue weighted by Gasteiger charge is 2.31. The Morgan fingerprint density at radius 1 is 1.16 bits per heavy atom. The summed E-state index contributed by atoms with van der Waals surface area (Å²) in [5, 5.41) is 9.10. The Hall–Kier alpha value is -4.12. The zero-order valence-corrected chi connectivity index (χ0v) is 21.1. The van der Waals surface area contributed by atoms with Crippen LogP contribution in [0.2, 0.25) is 0 Å². The number of pyridine rings is 2.